The van der Waals surface area contributed by atoms with Crippen LogP contribution in [0.4, 0.5) is 0 Å². The number of hydrogen-bond acceptors (Lipinski definition) is 4. The van der Waals surface area contributed by atoms with Gasteiger partial charge < -0.3 is 4.74 Å². The molecule has 0 bridgehead atoms. The van der Waals surface area contributed by atoms with Crippen molar-refractivity contribution in [2.75, 3.05) is 13.2 Å². The van der Waals surface area contributed by atoms with Crippen LogP contribution < -0.4 is 4.74 Å². The quantitative estimate of drug-likeness (QED) is 0.572. The van der Waals surface area contributed by atoms with Crippen molar-refractivity contribution in [1.82, 2.24) is 5.06 Å². The third-order valence-corrected chi connectivity index (χ3v) is 3.63. The Bertz CT molecular complexity index is 499. The van der Waals surface area contributed by atoms with Gasteiger partial charge in [0.15, 0.2) is 0 Å². The smallest absolute Gasteiger partial charge is 0.253 e. The molecule has 2 amide bonds. The third kappa shape index (κ3) is 3.82. The van der Waals surface area contributed by atoms with Crippen molar-refractivity contribution in [2.24, 2.45) is 0 Å². The van der Waals surface area contributed by atoms with Gasteiger partial charge in [-0.25, -0.2) is 0 Å². The zero-order valence-electron chi connectivity index (χ0n) is 12.5. The van der Waals surface area contributed by atoms with Crippen molar-refractivity contribution in [2.45, 2.75) is 39.0 Å². The molecule has 21 heavy (non-hydrogen) atoms. The Balaban J connectivity index is 1.84. The third-order valence-electron chi connectivity index (χ3n) is 3.63. The number of rotatable bonds is 7. The highest BCUT2D eigenvalue weighted by molar-refractivity contribution is 6.00. The Kier molecular flexibility index (Phi) is 5.33. The maximum Gasteiger partial charge on any atom is 0.253 e. The van der Waals surface area contributed by atoms with Gasteiger partial charge in [0.2, 0.25) is 0 Å². The molecule has 2 rings (SSSR count). The van der Waals surface area contributed by atoms with E-state index in [1.165, 1.54) is 0 Å². The standard InChI is InChI=1S/C16H21NO4/c1-3-12(2)13-6-4-5-7-14(13)20-10-11-21-17-15(18)8-9-16(17)19/h4-7,12H,3,8-11H2,1-2H3. The van der Waals surface area contributed by atoms with Crippen LogP contribution >= 0.6 is 0 Å². The van der Waals surface area contributed by atoms with Gasteiger partial charge in [-0.1, -0.05) is 32.0 Å². The number of amides is 2. The molecule has 0 aliphatic carbocycles. The Hall–Kier alpha value is -1.88. The van der Waals surface area contributed by atoms with Gasteiger partial charge in [-0.05, 0) is 24.0 Å². The second-order valence-electron chi connectivity index (χ2n) is 5.11. The minimum Gasteiger partial charge on any atom is -0.491 e. The minimum absolute atomic E-state index is 0.173. The van der Waals surface area contributed by atoms with Gasteiger partial charge in [0, 0.05) is 12.8 Å². The first kappa shape index (κ1) is 15.5. The van der Waals surface area contributed by atoms with Crippen LogP contribution in [0.25, 0.3) is 0 Å². The fraction of sp³-hybridized carbons (Fsp3) is 0.500. The normalized spacial score (nSPS) is 16.4. The SMILES string of the molecule is CCC(C)c1ccccc1OCCON1C(=O)CCC1=O. The highest BCUT2D eigenvalue weighted by Crippen LogP contribution is 2.28. The second-order valence-corrected chi connectivity index (χ2v) is 5.11. The fourth-order valence-corrected chi connectivity index (χ4v) is 2.22. The highest BCUT2D eigenvalue weighted by atomic mass is 16.7. The molecule has 0 radical (unpaired) electrons. The number of hydrogen-bond donors (Lipinski definition) is 0. The molecule has 1 fully saturated rings. The molecular formula is C16H21NO4. The zero-order valence-corrected chi connectivity index (χ0v) is 12.5. The number of hydroxylamine groups is 2. The molecule has 1 atom stereocenters. The molecule has 1 saturated heterocycles. The van der Waals surface area contributed by atoms with Gasteiger partial charge in [-0.2, -0.15) is 5.06 Å². The summed E-state index contributed by atoms with van der Waals surface area (Å²) >= 11 is 0. The van der Waals surface area contributed by atoms with E-state index in [0.29, 0.717) is 12.5 Å². The number of carbonyl (C=O) groups excluding carboxylic acids is 2. The first-order valence-corrected chi connectivity index (χ1v) is 7.34. The topological polar surface area (TPSA) is 55.8 Å². The summed E-state index contributed by atoms with van der Waals surface area (Å²) in [6.07, 6.45) is 1.50. The molecule has 1 aromatic carbocycles. The first-order chi connectivity index (χ1) is 10.1. The second kappa shape index (κ2) is 7.22. The van der Waals surface area contributed by atoms with Crippen molar-refractivity contribution in [3.05, 3.63) is 29.8 Å². The van der Waals surface area contributed by atoms with Gasteiger partial charge in [-0.3, -0.25) is 14.4 Å². The molecular weight excluding hydrogens is 270 g/mol. The van der Waals surface area contributed by atoms with E-state index in [0.717, 1.165) is 22.8 Å². The average Bonchev–Trinajstić information content (AvgIpc) is 2.82. The van der Waals surface area contributed by atoms with Gasteiger partial charge in [0.1, 0.15) is 19.0 Å². The molecule has 0 aromatic heterocycles. The molecule has 1 aliphatic heterocycles. The van der Waals surface area contributed by atoms with Crippen LogP contribution in [0.5, 0.6) is 5.75 Å². The molecule has 0 N–H and O–H groups in total. The Morgan fingerprint density at radius 2 is 1.81 bits per heavy atom. The summed E-state index contributed by atoms with van der Waals surface area (Å²) in [5.74, 6) is 0.693. The van der Waals surface area contributed by atoms with Gasteiger partial charge in [0.25, 0.3) is 11.8 Å². The summed E-state index contributed by atoms with van der Waals surface area (Å²) in [6.45, 7) is 4.76. The van der Waals surface area contributed by atoms with Crippen LogP contribution in [0.3, 0.4) is 0 Å². The summed E-state index contributed by atoms with van der Waals surface area (Å²) < 4.78 is 5.72. The van der Waals surface area contributed by atoms with E-state index in [-0.39, 0.29) is 31.3 Å². The number of imide groups is 1. The van der Waals surface area contributed by atoms with Gasteiger partial charge in [0.05, 0.1) is 0 Å². The maximum atomic E-state index is 11.4. The molecule has 5 heteroatoms. The first-order valence-electron chi connectivity index (χ1n) is 7.34. The van der Waals surface area contributed by atoms with Crippen LogP contribution in [0, 0.1) is 0 Å². The Morgan fingerprint density at radius 1 is 1.14 bits per heavy atom. The summed E-state index contributed by atoms with van der Waals surface area (Å²) in [4.78, 5) is 27.9. The minimum atomic E-state index is -0.278. The van der Waals surface area contributed by atoms with E-state index in [2.05, 4.69) is 19.9 Å². The number of para-hydroxylation sites is 1. The van der Waals surface area contributed by atoms with Crippen LogP contribution in [0.15, 0.2) is 24.3 Å². The lowest BCUT2D eigenvalue weighted by molar-refractivity contribution is -0.189. The zero-order chi connectivity index (χ0) is 15.2. The molecule has 0 spiro atoms. The van der Waals surface area contributed by atoms with Crippen molar-refractivity contribution in [3.63, 3.8) is 0 Å². The van der Waals surface area contributed by atoms with Crippen molar-refractivity contribution < 1.29 is 19.2 Å². The predicted molar refractivity (Wildman–Crippen MR) is 77.7 cm³/mol. The van der Waals surface area contributed by atoms with Gasteiger partial charge >= 0.3 is 0 Å². The number of carbonyl (C=O) groups is 2. The van der Waals surface area contributed by atoms with Crippen molar-refractivity contribution in [1.29, 1.82) is 0 Å². The van der Waals surface area contributed by atoms with Crippen molar-refractivity contribution in [3.8, 4) is 5.75 Å². The monoisotopic (exact) mass is 291 g/mol. The lowest BCUT2D eigenvalue weighted by Crippen LogP contribution is -2.31. The lowest BCUT2D eigenvalue weighted by Gasteiger charge is -2.17. The molecule has 1 aliphatic rings. The average molecular weight is 291 g/mol. The van der Waals surface area contributed by atoms with E-state index >= 15 is 0 Å². The number of nitrogens with zero attached hydrogens (tertiary/aromatic N) is 1. The fourth-order valence-electron chi connectivity index (χ4n) is 2.22. The predicted octanol–water partition coefficient (Wildman–Crippen LogP) is 2.66. The van der Waals surface area contributed by atoms with Crippen molar-refractivity contribution >= 4 is 11.8 Å². The highest BCUT2D eigenvalue weighted by Gasteiger charge is 2.30. The molecule has 0 saturated carbocycles. The largest absolute Gasteiger partial charge is 0.491 e. The number of benzene rings is 1. The van der Waals surface area contributed by atoms with Crippen LogP contribution in [-0.2, 0) is 14.4 Å². The molecule has 1 aromatic rings. The summed E-state index contributed by atoms with van der Waals surface area (Å²) in [6, 6.07) is 7.90. The van der Waals surface area contributed by atoms with E-state index in [1.807, 2.05) is 18.2 Å². The van der Waals surface area contributed by atoms with E-state index in [1.54, 1.807) is 0 Å². The maximum absolute atomic E-state index is 11.4. The molecule has 5 nitrogen and oxygen atoms in total. The summed E-state index contributed by atoms with van der Waals surface area (Å²) in [5.41, 5.74) is 1.16. The molecule has 114 valence electrons. The lowest BCUT2D eigenvalue weighted by atomic mass is 9.98. The molecule has 1 heterocycles. The Labute approximate surface area is 124 Å². The van der Waals surface area contributed by atoms with E-state index in [9.17, 15) is 9.59 Å². The molecule has 1 unspecified atom stereocenters. The van der Waals surface area contributed by atoms with E-state index < -0.39 is 0 Å². The van der Waals surface area contributed by atoms with E-state index in [4.69, 9.17) is 9.57 Å². The van der Waals surface area contributed by atoms with Crippen LogP contribution in [-0.4, -0.2) is 30.1 Å². The Morgan fingerprint density at radius 3 is 2.48 bits per heavy atom. The van der Waals surface area contributed by atoms with Crippen LogP contribution in [0.1, 0.15) is 44.6 Å². The summed E-state index contributed by atoms with van der Waals surface area (Å²) in [5, 5.41) is 0.851. The number of ether oxygens (including phenoxy) is 1. The summed E-state index contributed by atoms with van der Waals surface area (Å²) in [7, 11) is 0. The van der Waals surface area contributed by atoms with Crippen LogP contribution in [0.2, 0.25) is 0 Å². The van der Waals surface area contributed by atoms with Gasteiger partial charge in [-0.15, -0.1) is 0 Å².